The number of carboxylic acids is 1. The molecule has 0 spiro atoms. The molecule has 2 amide bonds. The normalized spacial score (nSPS) is 21.5. The van der Waals surface area contributed by atoms with E-state index < -0.39 is 49.1 Å². The molecular weight excluding hydrogens is 369 g/mol. The van der Waals surface area contributed by atoms with Gasteiger partial charge >= 0.3 is 18.2 Å². The molecule has 2 rings (SSSR count). The van der Waals surface area contributed by atoms with Crippen LogP contribution in [0.5, 0.6) is 0 Å². The molecule has 0 bridgehead atoms. The third kappa shape index (κ3) is 4.84. The van der Waals surface area contributed by atoms with Crippen LogP contribution in [-0.4, -0.2) is 47.0 Å². The van der Waals surface area contributed by atoms with Crippen molar-refractivity contribution in [1.82, 2.24) is 10.2 Å². The molecule has 0 aromatic heterocycles. The summed E-state index contributed by atoms with van der Waals surface area (Å²) in [7, 11) is 0. The summed E-state index contributed by atoms with van der Waals surface area (Å²) in [5, 5.41) is 11.7. The van der Waals surface area contributed by atoms with Gasteiger partial charge in [-0.25, -0.2) is 4.79 Å². The number of carbonyl (C=O) groups excluding carboxylic acids is 1. The van der Waals surface area contributed by atoms with E-state index in [9.17, 15) is 22.8 Å². The molecule has 0 radical (unpaired) electrons. The summed E-state index contributed by atoms with van der Waals surface area (Å²) in [6, 6.07) is 6.44. The number of nitrogens with zero attached hydrogens (tertiary/aromatic N) is 1. The number of benzene rings is 1. The monoisotopic (exact) mass is 390 g/mol. The molecule has 1 aromatic rings. The van der Waals surface area contributed by atoms with E-state index in [1.54, 1.807) is 18.7 Å². The zero-order valence-electron chi connectivity index (χ0n) is 14.4. The summed E-state index contributed by atoms with van der Waals surface area (Å²) in [5.41, 5.74) is 0.820. The number of aliphatic carboxylic acids is 1. The molecule has 1 fully saturated rings. The van der Waals surface area contributed by atoms with Crippen LogP contribution in [0.25, 0.3) is 0 Å². The molecule has 5 nitrogen and oxygen atoms in total. The number of carbonyl (C=O) groups is 2. The van der Waals surface area contributed by atoms with Gasteiger partial charge in [0.15, 0.2) is 0 Å². The van der Waals surface area contributed by atoms with E-state index in [-0.39, 0.29) is 0 Å². The second kappa shape index (κ2) is 8.20. The fourth-order valence-electron chi connectivity index (χ4n) is 2.93. The highest BCUT2D eigenvalue weighted by molar-refractivity contribution is 7.99. The Bertz CT molecular complexity index is 652. The molecule has 1 aliphatic heterocycles. The van der Waals surface area contributed by atoms with E-state index in [0.29, 0.717) is 0 Å². The lowest BCUT2D eigenvalue weighted by Crippen LogP contribution is -2.40. The average molecular weight is 390 g/mol. The number of hydrogen-bond acceptors (Lipinski definition) is 3. The predicted molar refractivity (Wildman–Crippen MR) is 92.0 cm³/mol. The first-order valence-corrected chi connectivity index (χ1v) is 9.19. The van der Waals surface area contributed by atoms with Gasteiger partial charge < -0.3 is 15.3 Å². The van der Waals surface area contributed by atoms with Crippen LogP contribution >= 0.6 is 11.8 Å². The molecule has 1 aromatic carbocycles. The molecule has 26 heavy (non-hydrogen) atoms. The van der Waals surface area contributed by atoms with Crippen LogP contribution in [0.15, 0.2) is 29.2 Å². The van der Waals surface area contributed by atoms with Gasteiger partial charge in [0.2, 0.25) is 0 Å². The van der Waals surface area contributed by atoms with Crippen LogP contribution in [0.4, 0.5) is 18.0 Å². The van der Waals surface area contributed by atoms with Gasteiger partial charge in [-0.3, -0.25) is 4.79 Å². The number of halogens is 3. The van der Waals surface area contributed by atoms with Crippen molar-refractivity contribution < 1.29 is 27.9 Å². The topological polar surface area (TPSA) is 69.6 Å². The molecule has 0 saturated carbocycles. The molecule has 1 unspecified atom stereocenters. The highest BCUT2D eigenvalue weighted by atomic mass is 32.2. The number of thioether (sulfide) groups is 1. The second-order valence-corrected chi connectivity index (χ2v) is 7.51. The molecule has 2 N–H and O–H groups in total. The van der Waals surface area contributed by atoms with Crippen LogP contribution in [0.1, 0.15) is 25.5 Å². The first-order valence-electron chi connectivity index (χ1n) is 8.21. The summed E-state index contributed by atoms with van der Waals surface area (Å²) < 4.78 is 39.0. The smallest absolute Gasteiger partial charge is 0.394 e. The second-order valence-electron chi connectivity index (χ2n) is 6.17. The van der Waals surface area contributed by atoms with Gasteiger partial charge in [-0.2, -0.15) is 13.2 Å². The van der Waals surface area contributed by atoms with Crippen LogP contribution in [-0.2, 0) is 4.79 Å². The van der Waals surface area contributed by atoms with Crippen molar-refractivity contribution in [3.05, 3.63) is 29.8 Å². The Hall–Kier alpha value is -1.90. The Morgan fingerprint density at radius 2 is 1.92 bits per heavy atom. The standard InChI is InChI=1S/C17H21F3N2O3S/c1-3-26-12-6-4-11(5-7-12)10(2)21-16(25)22-8-13(15(23)24)14(9-22)17(18,19)20/h4-7,10,13-14H,3,8-9H2,1-2H3,(H,21,25)(H,23,24)/t10?,13-,14-/m1/s1. The Labute approximate surface area is 153 Å². The maximum atomic E-state index is 13.0. The van der Waals surface area contributed by atoms with Crippen molar-refractivity contribution in [2.24, 2.45) is 11.8 Å². The molecule has 9 heteroatoms. The Morgan fingerprint density at radius 1 is 1.31 bits per heavy atom. The predicted octanol–water partition coefficient (Wildman–Crippen LogP) is 3.76. The van der Waals surface area contributed by atoms with Gasteiger partial charge in [0.1, 0.15) is 0 Å². The first-order chi connectivity index (χ1) is 12.1. The van der Waals surface area contributed by atoms with Crippen LogP contribution in [0.3, 0.4) is 0 Å². The largest absolute Gasteiger partial charge is 0.481 e. The molecular formula is C17H21F3N2O3S. The third-order valence-electron chi connectivity index (χ3n) is 4.38. The Morgan fingerprint density at radius 3 is 2.38 bits per heavy atom. The van der Waals surface area contributed by atoms with Gasteiger partial charge in [-0.15, -0.1) is 11.8 Å². The highest BCUT2D eigenvalue weighted by Gasteiger charge is 2.53. The molecule has 1 heterocycles. The Balaban J connectivity index is 2.01. The number of alkyl halides is 3. The van der Waals surface area contributed by atoms with E-state index in [2.05, 4.69) is 5.32 Å². The minimum atomic E-state index is -4.66. The van der Waals surface area contributed by atoms with Gasteiger partial charge in [0.05, 0.1) is 17.9 Å². The number of carboxylic acid groups (broad SMARTS) is 1. The van der Waals surface area contributed by atoms with Crippen molar-refractivity contribution >= 4 is 23.8 Å². The number of nitrogens with one attached hydrogen (secondary N) is 1. The third-order valence-corrected chi connectivity index (χ3v) is 5.27. The van der Waals surface area contributed by atoms with E-state index >= 15 is 0 Å². The quantitative estimate of drug-likeness (QED) is 0.751. The summed E-state index contributed by atoms with van der Waals surface area (Å²) in [4.78, 5) is 25.4. The highest BCUT2D eigenvalue weighted by Crippen LogP contribution is 2.37. The van der Waals surface area contributed by atoms with Crippen molar-refractivity contribution in [2.45, 2.75) is 31.0 Å². The van der Waals surface area contributed by atoms with E-state index in [1.807, 2.05) is 31.2 Å². The maximum Gasteiger partial charge on any atom is 0.394 e. The number of urea groups is 1. The average Bonchev–Trinajstić information content (AvgIpc) is 3.02. The lowest BCUT2D eigenvalue weighted by atomic mass is 9.96. The molecule has 3 atom stereocenters. The first kappa shape index (κ1) is 20.4. The molecule has 0 aliphatic carbocycles. The zero-order valence-corrected chi connectivity index (χ0v) is 15.2. The minimum absolute atomic E-state index is 0.406. The number of amides is 2. The molecule has 1 saturated heterocycles. The van der Waals surface area contributed by atoms with Gasteiger partial charge in [-0.1, -0.05) is 19.1 Å². The number of rotatable bonds is 5. The SMILES string of the molecule is CCSc1ccc(C(C)NC(=O)N2C[C@@H](C(F)(F)F)[C@H](C(=O)O)C2)cc1. The van der Waals surface area contributed by atoms with Gasteiger partial charge in [0, 0.05) is 18.0 Å². The molecule has 144 valence electrons. The molecule has 1 aliphatic rings. The zero-order chi connectivity index (χ0) is 19.5. The van der Waals surface area contributed by atoms with Crippen LogP contribution in [0, 0.1) is 11.8 Å². The fraction of sp³-hybridized carbons (Fsp3) is 0.529. The summed E-state index contributed by atoms with van der Waals surface area (Å²) in [5.74, 6) is -4.29. The number of hydrogen-bond donors (Lipinski definition) is 2. The lowest BCUT2D eigenvalue weighted by Gasteiger charge is -2.21. The van der Waals surface area contributed by atoms with Crippen LogP contribution < -0.4 is 5.32 Å². The van der Waals surface area contributed by atoms with E-state index in [4.69, 9.17) is 5.11 Å². The van der Waals surface area contributed by atoms with Crippen molar-refractivity contribution in [1.29, 1.82) is 0 Å². The minimum Gasteiger partial charge on any atom is -0.481 e. The van der Waals surface area contributed by atoms with Gasteiger partial charge in [0.25, 0.3) is 0 Å². The van der Waals surface area contributed by atoms with Crippen molar-refractivity contribution in [3.8, 4) is 0 Å². The summed E-state index contributed by atoms with van der Waals surface area (Å²) in [6.45, 7) is 2.66. The number of likely N-dealkylation sites (tertiary alicyclic amines) is 1. The van der Waals surface area contributed by atoms with E-state index in [1.165, 1.54) is 0 Å². The van der Waals surface area contributed by atoms with E-state index in [0.717, 1.165) is 21.1 Å². The van der Waals surface area contributed by atoms with Crippen molar-refractivity contribution in [3.63, 3.8) is 0 Å². The van der Waals surface area contributed by atoms with Crippen molar-refractivity contribution in [2.75, 3.05) is 18.8 Å². The summed E-state index contributed by atoms with van der Waals surface area (Å²) in [6.07, 6.45) is -4.66. The van der Waals surface area contributed by atoms with Gasteiger partial charge in [-0.05, 0) is 30.4 Å². The Kier molecular flexibility index (Phi) is 6.44. The lowest BCUT2D eigenvalue weighted by molar-refractivity contribution is -0.187. The fourth-order valence-corrected chi connectivity index (χ4v) is 3.59. The van der Waals surface area contributed by atoms with Crippen LogP contribution in [0.2, 0.25) is 0 Å². The summed E-state index contributed by atoms with van der Waals surface area (Å²) >= 11 is 1.68. The maximum absolute atomic E-state index is 13.0.